The van der Waals surface area contributed by atoms with Crippen molar-refractivity contribution in [3.05, 3.63) is 39.8 Å². The van der Waals surface area contributed by atoms with Gasteiger partial charge >= 0.3 is 0 Å². The summed E-state index contributed by atoms with van der Waals surface area (Å²) in [5.74, 6) is -0.581. The monoisotopic (exact) mass is 411 g/mol. The molecule has 24 heavy (non-hydrogen) atoms. The van der Waals surface area contributed by atoms with Crippen LogP contribution in [0.4, 0.5) is 9.52 Å². The molecule has 0 aliphatic carbocycles. The quantitative estimate of drug-likeness (QED) is 0.784. The molecule has 6 nitrogen and oxygen atoms in total. The molecule has 1 aliphatic heterocycles. The van der Waals surface area contributed by atoms with Gasteiger partial charge in [0.1, 0.15) is 11.9 Å². The van der Waals surface area contributed by atoms with Gasteiger partial charge < -0.3 is 9.64 Å². The number of nitrogens with two attached hydrogens (primary N) is 1. The Morgan fingerprint density at radius 1 is 1.38 bits per heavy atom. The fourth-order valence-electron chi connectivity index (χ4n) is 2.32. The van der Waals surface area contributed by atoms with Crippen molar-refractivity contribution in [2.45, 2.75) is 10.3 Å². The molecule has 2 heterocycles. The zero-order valence-corrected chi connectivity index (χ0v) is 15.2. The van der Waals surface area contributed by atoms with Crippen LogP contribution in [0.25, 0.3) is 0 Å². The number of hydrogen-bond acceptors (Lipinski definition) is 6. The number of anilines is 1. The average Bonchev–Trinajstić information content (AvgIpc) is 3.01. The third-order valence-electron chi connectivity index (χ3n) is 3.48. The highest BCUT2D eigenvalue weighted by molar-refractivity contribution is 7.91. The summed E-state index contributed by atoms with van der Waals surface area (Å²) >= 11 is 12.8. The molecule has 1 aliphatic rings. The number of sulfonamides is 1. The molecule has 1 aromatic heterocycles. The third-order valence-corrected chi connectivity index (χ3v) is 6.56. The molecule has 0 radical (unpaired) electrons. The van der Waals surface area contributed by atoms with Gasteiger partial charge in [0.25, 0.3) is 0 Å². The molecular weight excluding hydrogens is 400 g/mol. The number of aromatic nitrogens is 1. The van der Waals surface area contributed by atoms with Gasteiger partial charge in [-0.15, -0.1) is 0 Å². The molecule has 0 saturated carbocycles. The maximum absolute atomic E-state index is 13.7. The standard InChI is InChI=1S/C13H12Cl2FN3O3S2/c14-8-4-9(15)10(16)3-7(8)11-6-19(1-2-22-11)13-18-5-12(23-13)24(17,20)21/h3-5,11H,1-2,6H2,(H2,17,20,21). The van der Waals surface area contributed by atoms with E-state index >= 15 is 0 Å². The molecule has 1 fully saturated rings. The lowest BCUT2D eigenvalue weighted by Crippen LogP contribution is -2.38. The van der Waals surface area contributed by atoms with Crippen molar-refractivity contribution >= 4 is 49.7 Å². The van der Waals surface area contributed by atoms with E-state index in [2.05, 4.69) is 4.98 Å². The lowest BCUT2D eigenvalue weighted by Gasteiger charge is -2.33. The minimum Gasteiger partial charge on any atom is -0.370 e. The first-order chi connectivity index (χ1) is 11.3. The zero-order valence-electron chi connectivity index (χ0n) is 12.1. The number of primary sulfonamides is 1. The van der Waals surface area contributed by atoms with E-state index < -0.39 is 21.9 Å². The van der Waals surface area contributed by atoms with Crippen LogP contribution in [-0.4, -0.2) is 33.1 Å². The fraction of sp³-hybridized carbons (Fsp3) is 0.308. The van der Waals surface area contributed by atoms with E-state index in [0.29, 0.717) is 35.4 Å². The Morgan fingerprint density at radius 2 is 2.12 bits per heavy atom. The zero-order chi connectivity index (χ0) is 17.5. The van der Waals surface area contributed by atoms with Crippen molar-refractivity contribution in [3.63, 3.8) is 0 Å². The maximum Gasteiger partial charge on any atom is 0.249 e. The molecule has 0 spiro atoms. The second-order valence-corrected chi connectivity index (χ2v) is 8.71. The normalized spacial score (nSPS) is 18.8. The SMILES string of the molecule is NS(=O)(=O)c1cnc(N2CCOC(c3cc(F)c(Cl)cc3Cl)C2)s1. The predicted octanol–water partition coefficient (Wildman–Crippen LogP) is 2.81. The summed E-state index contributed by atoms with van der Waals surface area (Å²) < 4.78 is 42.1. The van der Waals surface area contributed by atoms with Crippen LogP contribution in [0.15, 0.2) is 22.5 Å². The summed E-state index contributed by atoms with van der Waals surface area (Å²) in [5.41, 5.74) is 0.478. The van der Waals surface area contributed by atoms with Gasteiger partial charge in [0.05, 0.1) is 24.4 Å². The smallest absolute Gasteiger partial charge is 0.249 e. The summed E-state index contributed by atoms with van der Waals surface area (Å²) in [7, 11) is -3.79. The number of morpholine rings is 1. The van der Waals surface area contributed by atoms with Gasteiger partial charge in [-0.3, -0.25) is 0 Å². The average molecular weight is 412 g/mol. The molecule has 0 amide bonds. The van der Waals surface area contributed by atoms with Crippen LogP contribution in [0.1, 0.15) is 11.7 Å². The predicted molar refractivity (Wildman–Crippen MR) is 90.8 cm³/mol. The van der Waals surface area contributed by atoms with Gasteiger partial charge in [-0.25, -0.2) is 22.9 Å². The Labute approximate surface area is 152 Å². The highest BCUT2D eigenvalue weighted by Crippen LogP contribution is 2.34. The molecule has 130 valence electrons. The molecule has 0 bridgehead atoms. The van der Waals surface area contributed by atoms with Crippen LogP contribution in [0.2, 0.25) is 10.0 Å². The second kappa shape index (κ2) is 6.74. The van der Waals surface area contributed by atoms with Crippen LogP contribution in [0.5, 0.6) is 0 Å². The van der Waals surface area contributed by atoms with E-state index in [1.807, 2.05) is 4.90 Å². The van der Waals surface area contributed by atoms with E-state index in [9.17, 15) is 12.8 Å². The topological polar surface area (TPSA) is 85.5 Å². The minimum atomic E-state index is -3.79. The van der Waals surface area contributed by atoms with Crippen molar-refractivity contribution in [2.75, 3.05) is 24.6 Å². The van der Waals surface area contributed by atoms with E-state index in [-0.39, 0.29) is 9.23 Å². The number of hydrogen-bond donors (Lipinski definition) is 1. The van der Waals surface area contributed by atoms with Crippen LogP contribution >= 0.6 is 34.5 Å². The van der Waals surface area contributed by atoms with Crippen molar-refractivity contribution in [1.82, 2.24) is 4.98 Å². The number of halogens is 3. The van der Waals surface area contributed by atoms with Crippen LogP contribution in [-0.2, 0) is 14.8 Å². The van der Waals surface area contributed by atoms with Crippen molar-refractivity contribution < 1.29 is 17.5 Å². The Balaban J connectivity index is 1.85. The molecule has 1 saturated heterocycles. The number of ether oxygens (including phenoxy) is 1. The molecule has 1 aromatic carbocycles. The summed E-state index contributed by atoms with van der Waals surface area (Å²) in [6.45, 7) is 1.22. The molecule has 2 aromatic rings. The van der Waals surface area contributed by atoms with E-state index in [1.54, 1.807) is 0 Å². The summed E-state index contributed by atoms with van der Waals surface area (Å²) in [6, 6.07) is 2.58. The van der Waals surface area contributed by atoms with E-state index in [0.717, 1.165) is 11.3 Å². The Morgan fingerprint density at radius 3 is 2.79 bits per heavy atom. The Kier molecular flexibility index (Phi) is 5.01. The lowest BCUT2D eigenvalue weighted by molar-refractivity contribution is 0.0396. The summed E-state index contributed by atoms with van der Waals surface area (Å²) in [5, 5.41) is 5.84. The molecule has 1 unspecified atom stereocenters. The summed E-state index contributed by atoms with van der Waals surface area (Å²) in [6.07, 6.45) is 0.731. The second-order valence-electron chi connectivity index (χ2n) is 5.10. The molecule has 3 rings (SSSR count). The first-order valence-corrected chi connectivity index (χ1v) is 9.87. The van der Waals surface area contributed by atoms with Gasteiger partial charge in [0, 0.05) is 17.1 Å². The summed E-state index contributed by atoms with van der Waals surface area (Å²) in [4.78, 5) is 5.93. The van der Waals surface area contributed by atoms with Crippen LogP contribution in [0, 0.1) is 5.82 Å². The molecule has 11 heteroatoms. The van der Waals surface area contributed by atoms with Gasteiger partial charge in [0.15, 0.2) is 9.34 Å². The van der Waals surface area contributed by atoms with Crippen LogP contribution < -0.4 is 10.0 Å². The van der Waals surface area contributed by atoms with Crippen LogP contribution in [0.3, 0.4) is 0 Å². The van der Waals surface area contributed by atoms with Gasteiger partial charge in [-0.05, 0) is 12.1 Å². The number of thiazole rings is 1. The number of rotatable bonds is 3. The van der Waals surface area contributed by atoms with Gasteiger partial charge in [0.2, 0.25) is 10.0 Å². The lowest BCUT2D eigenvalue weighted by atomic mass is 10.1. The Hall–Kier alpha value is -0.970. The number of nitrogens with zero attached hydrogens (tertiary/aromatic N) is 2. The molecule has 2 N–H and O–H groups in total. The highest BCUT2D eigenvalue weighted by atomic mass is 35.5. The van der Waals surface area contributed by atoms with Crippen molar-refractivity contribution in [1.29, 1.82) is 0 Å². The van der Waals surface area contributed by atoms with E-state index in [4.69, 9.17) is 33.1 Å². The number of benzene rings is 1. The van der Waals surface area contributed by atoms with E-state index in [1.165, 1.54) is 18.3 Å². The first kappa shape index (κ1) is 17.8. The van der Waals surface area contributed by atoms with Gasteiger partial charge in [-0.1, -0.05) is 34.5 Å². The van der Waals surface area contributed by atoms with Crippen molar-refractivity contribution in [2.24, 2.45) is 5.14 Å². The molecule has 1 atom stereocenters. The van der Waals surface area contributed by atoms with Crippen molar-refractivity contribution in [3.8, 4) is 0 Å². The maximum atomic E-state index is 13.7. The molecular formula is C13H12Cl2FN3O3S2. The third kappa shape index (κ3) is 3.66. The fourth-order valence-corrected chi connectivity index (χ4v) is 4.40. The minimum absolute atomic E-state index is 0.0175. The van der Waals surface area contributed by atoms with Gasteiger partial charge in [-0.2, -0.15) is 0 Å². The first-order valence-electron chi connectivity index (χ1n) is 6.75. The largest absolute Gasteiger partial charge is 0.370 e. The Bertz CT molecular complexity index is 875. The highest BCUT2D eigenvalue weighted by Gasteiger charge is 2.27.